The number of nitrogens with zero attached hydrogens (tertiary/aromatic N) is 4. The van der Waals surface area contributed by atoms with Gasteiger partial charge >= 0.3 is 0 Å². The van der Waals surface area contributed by atoms with Crippen molar-refractivity contribution in [2.45, 2.75) is 6.42 Å². The molecule has 0 unspecified atom stereocenters. The van der Waals surface area contributed by atoms with Crippen LogP contribution in [-0.4, -0.2) is 27.0 Å². The number of hydrogen-bond acceptors (Lipinski definition) is 4. The topological polar surface area (TPSA) is 50.5 Å². The van der Waals surface area contributed by atoms with E-state index in [1.54, 1.807) is 21.1 Å². The molecule has 94 valence electrons. The molecule has 0 spiro atoms. The Labute approximate surface area is 113 Å². The number of imidazole rings is 1. The molecule has 19 heavy (non-hydrogen) atoms. The average molecular weight is 270 g/mol. The second-order valence-corrected chi connectivity index (χ2v) is 5.24. The van der Waals surface area contributed by atoms with E-state index in [2.05, 4.69) is 16.1 Å². The zero-order valence-electron chi connectivity index (χ0n) is 9.98. The molecule has 1 aliphatic rings. The fourth-order valence-corrected chi connectivity index (χ4v) is 3.03. The van der Waals surface area contributed by atoms with E-state index < -0.39 is 0 Å². The summed E-state index contributed by atoms with van der Waals surface area (Å²) in [5, 5.41) is 4.09. The molecule has 0 saturated heterocycles. The lowest BCUT2D eigenvalue weighted by atomic mass is 10.2. The zero-order valence-corrected chi connectivity index (χ0v) is 10.8. The summed E-state index contributed by atoms with van der Waals surface area (Å²) in [4.78, 5) is 19.4. The Kier molecular flexibility index (Phi) is 2.19. The molecule has 1 amide bonds. The molecule has 4 rings (SSSR count). The van der Waals surface area contributed by atoms with Crippen LogP contribution in [0.4, 0.5) is 5.69 Å². The molecule has 0 saturated carbocycles. The second-order valence-electron chi connectivity index (χ2n) is 4.43. The molecule has 1 aromatic carbocycles. The van der Waals surface area contributed by atoms with Gasteiger partial charge in [-0.3, -0.25) is 4.79 Å². The standard InChI is InChI=1S/C13H10N4OS/c18-12(10-7-17-13(15-10)19-8-14-17)16-6-5-9-3-1-2-4-11(9)16/h1-4,7-8H,5-6H2. The number of aromatic nitrogens is 3. The largest absolute Gasteiger partial charge is 0.306 e. The highest BCUT2D eigenvalue weighted by Crippen LogP contribution is 2.28. The molecule has 3 heterocycles. The van der Waals surface area contributed by atoms with Gasteiger partial charge in [0.05, 0.1) is 6.20 Å². The molecule has 6 heteroatoms. The number of hydrogen-bond donors (Lipinski definition) is 0. The fourth-order valence-electron chi connectivity index (χ4n) is 2.43. The summed E-state index contributed by atoms with van der Waals surface area (Å²) in [5.74, 6) is -0.0531. The molecule has 0 aliphatic carbocycles. The molecule has 0 N–H and O–H groups in total. The predicted molar refractivity (Wildman–Crippen MR) is 72.7 cm³/mol. The Hall–Kier alpha value is -2.21. The fraction of sp³-hybridized carbons (Fsp3) is 0.154. The Morgan fingerprint density at radius 1 is 1.32 bits per heavy atom. The minimum Gasteiger partial charge on any atom is -0.306 e. The first-order valence-corrected chi connectivity index (χ1v) is 6.89. The van der Waals surface area contributed by atoms with Crippen molar-refractivity contribution in [2.75, 3.05) is 11.4 Å². The van der Waals surface area contributed by atoms with Crippen LogP contribution in [0.1, 0.15) is 16.1 Å². The predicted octanol–water partition coefficient (Wildman–Crippen LogP) is 1.99. The van der Waals surface area contributed by atoms with Crippen LogP contribution in [0.2, 0.25) is 0 Å². The SMILES string of the molecule is O=C(c1cn2ncsc2n1)N1CCc2ccccc21. The molecule has 1 aliphatic heterocycles. The van der Waals surface area contributed by atoms with Crippen LogP contribution in [0.5, 0.6) is 0 Å². The Bertz CT molecular complexity index is 747. The van der Waals surface area contributed by atoms with Crippen molar-refractivity contribution >= 4 is 27.9 Å². The smallest absolute Gasteiger partial charge is 0.278 e. The van der Waals surface area contributed by atoms with Gasteiger partial charge < -0.3 is 4.90 Å². The first-order valence-electron chi connectivity index (χ1n) is 6.01. The lowest BCUT2D eigenvalue weighted by Gasteiger charge is -2.15. The highest BCUT2D eigenvalue weighted by Gasteiger charge is 2.26. The van der Waals surface area contributed by atoms with E-state index in [1.807, 2.05) is 18.2 Å². The number of benzene rings is 1. The number of rotatable bonds is 1. The number of fused-ring (bicyclic) bond motifs is 2. The van der Waals surface area contributed by atoms with Crippen molar-refractivity contribution < 1.29 is 4.79 Å². The van der Waals surface area contributed by atoms with Gasteiger partial charge in [0.25, 0.3) is 5.91 Å². The van der Waals surface area contributed by atoms with Gasteiger partial charge in [-0.1, -0.05) is 29.5 Å². The maximum absolute atomic E-state index is 12.5. The Morgan fingerprint density at radius 3 is 3.11 bits per heavy atom. The normalized spacial score (nSPS) is 14.0. The molecule has 3 aromatic rings. The molecule has 2 aromatic heterocycles. The van der Waals surface area contributed by atoms with Crippen LogP contribution in [-0.2, 0) is 6.42 Å². The maximum atomic E-state index is 12.5. The molecular weight excluding hydrogens is 260 g/mol. The monoisotopic (exact) mass is 270 g/mol. The van der Waals surface area contributed by atoms with E-state index in [1.165, 1.54) is 16.9 Å². The molecule has 0 fully saturated rings. The highest BCUT2D eigenvalue weighted by molar-refractivity contribution is 7.14. The van der Waals surface area contributed by atoms with Crippen LogP contribution < -0.4 is 4.90 Å². The number of carbonyl (C=O) groups is 1. The Morgan fingerprint density at radius 2 is 2.21 bits per heavy atom. The Balaban J connectivity index is 1.73. The van der Waals surface area contributed by atoms with Gasteiger partial charge in [-0.05, 0) is 18.1 Å². The van der Waals surface area contributed by atoms with Crippen molar-refractivity contribution in [1.29, 1.82) is 0 Å². The van der Waals surface area contributed by atoms with Crippen LogP contribution in [0.15, 0.2) is 36.0 Å². The van der Waals surface area contributed by atoms with Crippen LogP contribution in [0, 0.1) is 0 Å². The summed E-state index contributed by atoms with van der Waals surface area (Å²) in [5.41, 5.74) is 4.38. The molecule has 0 atom stereocenters. The van der Waals surface area contributed by atoms with E-state index in [0.717, 1.165) is 23.6 Å². The lowest BCUT2D eigenvalue weighted by Crippen LogP contribution is -2.29. The minimum absolute atomic E-state index is 0.0531. The quantitative estimate of drug-likeness (QED) is 0.679. The van der Waals surface area contributed by atoms with E-state index >= 15 is 0 Å². The van der Waals surface area contributed by atoms with Gasteiger partial charge in [-0.15, -0.1) is 0 Å². The number of para-hydroxylation sites is 1. The summed E-state index contributed by atoms with van der Waals surface area (Å²) < 4.78 is 1.64. The summed E-state index contributed by atoms with van der Waals surface area (Å²) in [7, 11) is 0. The van der Waals surface area contributed by atoms with E-state index in [9.17, 15) is 4.79 Å². The molecule has 5 nitrogen and oxygen atoms in total. The third kappa shape index (κ3) is 1.57. The highest BCUT2D eigenvalue weighted by atomic mass is 32.1. The number of anilines is 1. The van der Waals surface area contributed by atoms with E-state index in [0.29, 0.717) is 5.69 Å². The molecule has 0 bridgehead atoms. The first-order chi connectivity index (χ1) is 9.33. The lowest BCUT2D eigenvalue weighted by molar-refractivity contribution is 0.0985. The third-order valence-electron chi connectivity index (χ3n) is 3.34. The van der Waals surface area contributed by atoms with Crippen LogP contribution in [0.3, 0.4) is 0 Å². The van der Waals surface area contributed by atoms with Gasteiger partial charge in [0.2, 0.25) is 4.96 Å². The first kappa shape index (κ1) is 10.7. The summed E-state index contributed by atoms with van der Waals surface area (Å²) >= 11 is 1.42. The van der Waals surface area contributed by atoms with E-state index in [-0.39, 0.29) is 5.91 Å². The summed E-state index contributed by atoms with van der Waals surface area (Å²) in [6.07, 6.45) is 2.59. The van der Waals surface area contributed by atoms with Gasteiger partial charge in [0.15, 0.2) is 0 Å². The number of carbonyl (C=O) groups excluding carboxylic acids is 1. The second kappa shape index (κ2) is 3.89. The van der Waals surface area contributed by atoms with Crippen LogP contribution >= 0.6 is 11.3 Å². The molecular formula is C13H10N4OS. The van der Waals surface area contributed by atoms with Gasteiger partial charge in [-0.25, -0.2) is 9.50 Å². The maximum Gasteiger partial charge on any atom is 0.278 e. The molecule has 0 radical (unpaired) electrons. The van der Waals surface area contributed by atoms with Crippen molar-refractivity contribution in [2.24, 2.45) is 0 Å². The number of amides is 1. The van der Waals surface area contributed by atoms with Crippen molar-refractivity contribution in [3.05, 3.63) is 47.2 Å². The van der Waals surface area contributed by atoms with Crippen molar-refractivity contribution in [3.63, 3.8) is 0 Å². The third-order valence-corrected chi connectivity index (χ3v) is 4.03. The minimum atomic E-state index is -0.0531. The van der Waals surface area contributed by atoms with Crippen molar-refractivity contribution in [3.8, 4) is 0 Å². The summed E-state index contributed by atoms with van der Waals surface area (Å²) in [6, 6.07) is 8.01. The zero-order chi connectivity index (χ0) is 12.8. The van der Waals surface area contributed by atoms with Gasteiger partial charge in [0.1, 0.15) is 11.2 Å². The van der Waals surface area contributed by atoms with Crippen LogP contribution in [0.25, 0.3) is 4.96 Å². The van der Waals surface area contributed by atoms with Gasteiger partial charge in [0, 0.05) is 12.2 Å². The summed E-state index contributed by atoms with van der Waals surface area (Å²) in [6.45, 7) is 0.719. The van der Waals surface area contributed by atoms with Gasteiger partial charge in [-0.2, -0.15) is 5.10 Å². The average Bonchev–Trinajstić information content (AvgIpc) is 3.11. The van der Waals surface area contributed by atoms with Crippen molar-refractivity contribution in [1.82, 2.24) is 14.6 Å². The van der Waals surface area contributed by atoms with E-state index in [4.69, 9.17) is 0 Å².